The van der Waals surface area contributed by atoms with Gasteiger partial charge in [0.15, 0.2) is 0 Å². The quantitative estimate of drug-likeness (QED) is 0.0314. The largest absolute Gasteiger partial charge is 0.494 e. The summed E-state index contributed by atoms with van der Waals surface area (Å²) >= 11 is 0. The van der Waals surface area contributed by atoms with E-state index in [-0.39, 0.29) is 5.91 Å². The van der Waals surface area contributed by atoms with Crippen LogP contribution in [0.5, 0.6) is 17.2 Å². The minimum Gasteiger partial charge on any atom is -0.494 e. The van der Waals surface area contributed by atoms with E-state index >= 15 is 0 Å². The second-order valence-corrected chi connectivity index (χ2v) is 24.4. The average Bonchev–Trinajstić information content (AvgIpc) is 1.96. The molecule has 2 aliphatic heterocycles. The van der Waals surface area contributed by atoms with E-state index in [1.165, 1.54) is 83.5 Å². The number of nitrogens with one attached hydrogen (secondary N) is 4. The van der Waals surface area contributed by atoms with Gasteiger partial charge in [-0.3, -0.25) is 4.79 Å². The van der Waals surface area contributed by atoms with Crippen molar-refractivity contribution in [2.45, 2.75) is 176 Å². The first-order valence-corrected chi connectivity index (χ1v) is 32.6. The van der Waals surface area contributed by atoms with Crippen LogP contribution in [0.2, 0.25) is 0 Å². The summed E-state index contributed by atoms with van der Waals surface area (Å²) in [4.78, 5) is 44.9. The van der Waals surface area contributed by atoms with Crippen LogP contribution in [0.25, 0.3) is 90.9 Å². The molecule has 12 nitrogen and oxygen atoms in total. The Bertz CT molecular complexity index is 3570. The second-order valence-electron chi connectivity index (χ2n) is 24.4. The first-order chi connectivity index (χ1) is 42.9. The molecule has 88 heavy (non-hydrogen) atoms. The molecule has 0 aliphatic carbocycles. The Morgan fingerprint density at radius 3 is 1.02 bits per heavy atom. The zero-order valence-electron chi connectivity index (χ0n) is 53.1. The van der Waals surface area contributed by atoms with Crippen LogP contribution in [0.1, 0.15) is 187 Å². The van der Waals surface area contributed by atoms with E-state index in [9.17, 15) is 9.59 Å². The number of alkyl carbamates (subject to hydrolysis) is 1. The Morgan fingerprint density at radius 1 is 0.420 bits per heavy atom. The first-order valence-electron chi connectivity index (χ1n) is 32.6. The topological polar surface area (TPSA) is 152 Å². The van der Waals surface area contributed by atoms with Crippen LogP contribution in [-0.4, -0.2) is 63.4 Å². The molecule has 0 saturated carbocycles. The summed E-state index contributed by atoms with van der Waals surface area (Å²) in [6, 6.07) is 40.6. The van der Waals surface area contributed by atoms with Crippen molar-refractivity contribution in [3.05, 3.63) is 144 Å². The Hall–Kier alpha value is -8.38. The number of anilines is 1. The second kappa shape index (κ2) is 32.0. The van der Waals surface area contributed by atoms with Gasteiger partial charge in [0, 0.05) is 50.0 Å². The third kappa shape index (κ3) is 17.9. The van der Waals surface area contributed by atoms with Gasteiger partial charge >= 0.3 is 6.09 Å². The molecular weight excluding hydrogens is 1090 g/mol. The number of rotatable bonds is 31. The van der Waals surface area contributed by atoms with Gasteiger partial charge in [-0.15, -0.1) is 0 Å². The zero-order valence-corrected chi connectivity index (χ0v) is 53.1. The van der Waals surface area contributed by atoms with Crippen LogP contribution >= 0.6 is 0 Å². The summed E-state index contributed by atoms with van der Waals surface area (Å²) in [5.41, 5.74) is 14.0. The molecule has 462 valence electrons. The van der Waals surface area contributed by atoms with Crippen molar-refractivity contribution in [1.29, 1.82) is 0 Å². The fraction of sp³-hybridized carbons (Fsp3) is 0.395. The predicted octanol–water partition coefficient (Wildman–Crippen LogP) is 20.4. The average molecular weight is 1190 g/mol. The summed E-state index contributed by atoms with van der Waals surface area (Å²) < 4.78 is 24.4. The monoisotopic (exact) mass is 1180 g/mol. The van der Waals surface area contributed by atoms with Crippen molar-refractivity contribution in [3.8, 4) is 61.8 Å². The van der Waals surface area contributed by atoms with E-state index in [2.05, 4.69) is 163 Å². The smallest absolute Gasteiger partial charge is 0.408 e. The molecule has 2 amide bonds. The number of carbonyl (C=O) groups is 2. The van der Waals surface area contributed by atoms with Crippen LogP contribution in [0.3, 0.4) is 0 Å². The normalized spacial score (nSPS) is 12.3. The first kappa shape index (κ1) is 64.1. The molecule has 1 atom stereocenters. The molecule has 2 aliphatic rings. The molecule has 0 saturated heterocycles. The summed E-state index contributed by atoms with van der Waals surface area (Å²) in [7, 11) is 0. The molecule has 8 bridgehead atoms. The van der Waals surface area contributed by atoms with Crippen molar-refractivity contribution < 1.29 is 28.5 Å². The van der Waals surface area contributed by atoms with Gasteiger partial charge in [0.05, 0.1) is 42.6 Å². The van der Waals surface area contributed by atoms with E-state index < -0.39 is 17.7 Å². The summed E-state index contributed by atoms with van der Waals surface area (Å²) in [6.45, 7) is 15.8. The molecule has 0 radical (unpaired) electrons. The van der Waals surface area contributed by atoms with Gasteiger partial charge in [0.1, 0.15) is 28.9 Å². The molecule has 5 heterocycles. The number of unbranched alkanes of at least 4 members (excludes halogenated alkanes) is 15. The summed E-state index contributed by atoms with van der Waals surface area (Å²) in [6.07, 6.45) is 29.4. The van der Waals surface area contributed by atoms with Crippen molar-refractivity contribution in [1.82, 2.24) is 25.3 Å². The Labute approximate surface area is 522 Å². The lowest BCUT2D eigenvalue weighted by atomic mass is 10.0. The van der Waals surface area contributed by atoms with Gasteiger partial charge in [0.25, 0.3) is 0 Å². The maximum absolute atomic E-state index is 13.4. The van der Waals surface area contributed by atoms with E-state index in [4.69, 9.17) is 28.9 Å². The highest BCUT2D eigenvalue weighted by Crippen LogP contribution is 2.40. The molecule has 4 aromatic carbocycles. The molecule has 3 aromatic heterocycles. The zero-order chi connectivity index (χ0) is 61.7. The summed E-state index contributed by atoms with van der Waals surface area (Å²) in [5.74, 6) is 2.13. The SMILES string of the molecule is CCCCCCCCOc1ccc(-c2c3nc(c(-c4ccc(OCCCCCCCC)cc4)c4ccc([nH]4)c(-c4ccc(OCCCCCCCC)cc4)c4nc(c(-c5ccc(NC(=O)[C@@H](C)NC(=O)OC(C)(C)C)cc5)c5ccc2[nH]5)C=C4)C=C3)cc1. The minimum absolute atomic E-state index is 0.378. The van der Waals surface area contributed by atoms with Gasteiger partial charge < -0.3 is 39.5 Å². The number of amides is 2. The number of aromatic amines is 2. The number of carbonyl (C=O) groups excluding carboxylic acids is 2. The third-order valence-electron chi connectivity index (χ3n) is 16.1. The molecule has 0 spiro atoms. The van der Waals surface area contributed by atoms with Crippen LogP contribution in [-0.2, 0) is 9.53 Å². The van der Waals surface area contributed by atoms with Gasteiger partial charge in [-0.25, -0.2) is 14.8 Å². The minimum atomic E-state index is -0.848. The van der Waals surface area contributed by atoms with E-state index in [1.54, 1.807) is 27.7 Å². The van der Waals surface area contributed by atoms with Gasteiger partial charge in [-0.2, -0.15) is 0 Å². The third-order valence-corrected chi connectivity index (χ3v) is 16.1. The Morgan fingerprint density at radius 2 is 0.716 bits per heavy atom. The van der Waals surface area contributed by atoms with Gasteiger partial charge in [-0.05, 0) is 166 Å². The fourth-order valence-corrected chi connectivity index (χ4v) is 11.3. The van der Waals surface area contributed by atoms with E-state index in [1.807, 2.05) is 24.3 Å². The van der Waals surface area contributed by atoms with Crippen LogP contribution in [0.4, 0.5) is 10.5 Å². The number of hydrogen-bond acceptors (Lipinski definition) is 8. The summed E-state index contributed by atoms with van der Waals surface area (Å²) in [5, 5.41) is 5.62. The maximum atomic E-state index is 13.4. The van der Waals surface area contributed by atoms with Gasteiger partial charge in [0.2, 0.25) is 5.91 Å². The highest BCUT2D eigenvalue weighted by molar-refractivity contribution is 6.01. The lowest BCUT2D eigenvalue weighted by Crippen LogP contribution is -2.43. The molecule has 9 rings (SSSR count). The lowest BCUT2D eigenvalue weighted by molar-refractivity contribution is -0.117. The molecular formula is C76H92N6O6. The lowest BCUT2D eigenvalue weighted by Gasteiger charge is -2.21. The van der Waals surface area contributed by atoms with Crippen molar-refractivity contribution >= 4 is 64.1 Å². The highest BCUT2D eigenvalue weighted by atomic mass is 16.6. The number of fused-ring (bicyclic) bond motifs is 8. The fourth-order valence-electron chi connectivity index (χ4n) is 11.3. The number of hydrogen-bond donors (Lipinski definition) is 4. The Balaban J connectivity index is 1.17. The van der Waals surface area contributed by atoms with Crippen LogP contribution in [0, 0.1) is 0 Å². The number of benzene rings is 4. The molecule has 12 heteroatoms. The predicted molar refractivity (Wildman–Crippen MR) is 365 cm³/mol. The van der Waals surface area contributed by atoms with Crippen molar-refractivity contribution in [3.63, 3.8) is 0 Å². The van der Waals surface area contributed by atoms with Crippen LogP contribution in [0.15, 0.2) is 121 Å². The number of H-pyrrole nitrogens is 2. The standard InChI is InChI=1S/C76H92N6O6/c1-8-11-14-17-20-23-50-85-59-36-28-55(29-37-59)71-64-44-42-62(79-64)70(54-26-34-58(35-27-54)78-74(83)53(4)77-75(84)88-76(5,6)7)63-43-45-65(80-63)72(56-30-38-60(39-31-56)86-51-24-21-18-15-12-9-2)67-47-49-69(82-67)73(68-48-46-66(71)81-68)57-32-40-61(41-33-57)87-52-25-22-19-16-13-10-3/h26-49,53,79,82H,8-25,50-52H2,1-7H3,(H,77,84)(H,78,83)/t53-/m1/s1. The molecule has 4 N–H and O–H groups in total. The van der Waals surface area contributed by atoms with Crippen molar-refractivity contribution in [2.75, 3.05) is 25.1 Å². The number of nitrogens with zero attached hydrogens (tertiary/aromatic N) is 2. The van der Waals surface area contributed by atoms with E-state index in [0.29, 0.717) is 25.5 Å². The molecule has 7 aromatic rings. The number of ether oxygens (including phenoxy) is 4. The van der Waals surface area contributed by atoms with Gasteiger partial charge in [-0.1, -0.05) is 166 Å². The highest BCUT2D eigenvalue weighted by Gasteiger charge is 2.23. The Kier molecular flexibility index (Phi) is 23.3. The van der Waals surface area contributed by atoms with E-state index in [0.717, 1.165) is 139 Å². The molecule has 0 unspecified atom stereocenters. The molecule has 0 fully saturated rings. The number of aromatic nitrogens is 4. The van der Waals surface area contributed by atoms with Crippen LogP contribution < -0.4 is 24.8 Å². The van der Waals surface area contributed by atoms with Crippen molar-refractivity contribution in [2.24, 2.45) is 0 Å². The maximum Gasteiger partial charge on any atom is 0.408 e.